The number of carbonyl (C=O) groups is 1. The summed E-state index contributed by atoms with van der Waals surface area (Å²) in [5.41, 5.74) is 1.16. The van der Waals surface area contributed by atoms with Gasteiger partial charge >= 0.3 is 5.97 Å². The number of nitrogens with one attached hydrogen (secondary N) is 1. The highest BCUT2D eigenvalue weighted by Crippen LogP contribution is 2.32. The summed E-state index contributed by atoms with van der Waals surface area (Å²) in [7, 11) is 0. The minimum absolute atomic E-state index is 0.162. The van der Waals surface area contributed by atoms with Gasteiger partial charge in [-0.2, -0.15) is 0 Å². The highest BCUT2D eigenvalue weighted by Gasteiger charge is 2.25. The van der Waals surface area contributed by atoms with Gasteiger partial charge in [0.2, 0.25) is 0 Å². The Bertz CT molecular complexity index is 513. The highest BCUT2D eigenvalue weighted by atomic mass is 35.5. The van der Waals surface area contributed by atoms with E-state index in [0.717, 1.165) is 42.8 Å². The number of carboxylic acid groups (broad SMARTS) is 1. The van der Waals surface area contributed by atoms with E-state index in [4.69, 9.17) is 16.7 Å². The summed E-state index contributed by atoms with van der Waals surface area (Å²) < 4.78 is 0. The van der Waals surface area contributed by atoms with Crippen LogP contribution in [0.4, 0.5) is 0 Å². The van der Waals surface area contributed by atoms with Gasteiger partial charge in [-0.3, -0.25) is 4.79 Å². The second kappa shape index (κ2) is 8.23. The maximum Gasteiger partial charge on any atom is 0.306 e. The Hall–Kier alpha value is -0.710. The molecule has 1 fully saturated rings. The molecule has 1 aliphatic rings. The van der Waals surface area contributed by atoms with Crippen molar-refractivity contribution in [3.05, 3.63) is 28.8 Å². The Balaban J connectivity index is 1.93. The van der Waals surface area contributed by atoms with Crippen LogP contribution in [0.2, 0.25) is 5.02 Å². The number of carboxylic acids is 1. The Morgan fingerprint density at radius 1 is 1.36 bits per heavy atom. The molecule has 1 aliphatic carbocycles. The van der Waals surface area contributed by atoms with E-state index in [1.807, 2.05) is 23.9 Å². The largest absolute Gasteiger partial charge is 0.481 e. The van der Waals surface area contributed by atoms with Gasteiger partial charge in [0.15, 0.2) is 0 Å². The van der Waals surface area contributed by atoms with Crippen LogP contribution < -0.4 is 5.32 Å². The summed E-state index contributed by atoms with van der Waals surface area (Å²) in [5.74, 6) is -0.814. The summed E-state index contributed by atoms with van der Waals surface area (Å²) in [4.78, 5) is 12.2. The predicted octanol–water partition coefficient (Wildman–Crippen LogP) is 4.57. The third-order valence-corrected chi connectivity index (χ3v) is 5.54. The first-order valence-electron chi connectivity index (χ1n) is 7.87. The van der Waals surface area contributed by atoms with Crippen LogP contribution in [0.25, 0.3) is 0 Å². The van der Waals surface area contributed by atoms with Gasteiger partial charge in [-0.1, -0.05) is 31.5 Å². The molecule has 122 valence electrons. The summed E-state index contributed by atoms with van der Waals surface area (Å²) >= 11 is 8.19. The van der Waals surface area contributed by atoms with Crippen LogP contribution >= 0.6 is 23.4 Å². The number of aliphatic carboxylic acids is 1. The molecule has 0 spiro atoms. The zero-order chi connectivity index (χ0) is 16.1. The smallest absolute Gasteiger partial charge is 0.306 e. The number of rotatable bonds is 6. The van der Waals surface area contributed by atoms with Crippen molar-refractivity contribution in [1.82, 2.24) is 5.32 Å². The molecular weight excluding hydrogens is 318 g/mol. The predicted molar refractivity (Wildman–Crippen MR) is 92.7 cm³/mol. The molecule has 2 N–H and O–H groups in total. The van der Waals surface area contributed by atoms with Crippen LogP contribution in [0.15, 0.2) is 23.1 Å². The lowest BCUT2D eigenvalue weighted by Crippen LogP contribution is -2.34. The van der Waals surface area contributed by atoms with Gasteiger partial charge < -0.3 is 10.4 Å². The number of benzene rings is 1. The van der Waals surface area contributed by atoms with Crippen LogP contribution in [-0.2, 0) is 11.3 Å². The first-order valence-corrected chi connectivity index (χ1v) is 9.13. The SMILES string of the molecule is CC(C)Sc1cccc(Cl)c1CNC1CCC(C(=O)O)CC1. The average molecular weight is 342 g/mol. The van der Waals surface area contributed by atoms with Crippen molar-refractivity contribution < 1.29 is 9.90 Å². The zero-order valence-electron chi connectivity index (χ0n) is 13.1. The summed E-state index contributed by atoms with van der Waals surface area (Å²) in [6.07, 6.45) is 3.38. The molecule has 22 heavy (non-hydrogen) atoms. The Morgan fingerprint density at radius 3 is 2.64 bits per heavy atom. The molecule has 1 aromatic carbocycles. The van der Waals surface area contributed by atoms with E-state index in [1.165, 1.54) is 4.90 Å². The molecule has 3 nitrogen and oxygen atoms in total. The number of hydrogen-bond donors (Lipinski definition) is 2. The molecule has 0 atom stereocenters. The Morgan fingerprint density at radius 2 is 2.05 bits per heavy atom. The fourth-order valence-corrected chi connectivity index (χ4v) is 4.15. The maximum atomic E-state index is 11.0. The van der Waals surface area contributed by atoms with Crippen molar-refractivity contribution in [2.75, 3.05) is 0 Å². The standard InChI is InChI=1S/C17H24ClNO2S/c1-11(2)22-16-5-3-4-15(18)14(16)10-19-13-8-6-12(7-9-13)17(20)21/h3-5,11-13,19H,6-10H2,1-2H3,(H,20,21). The minimum Gasteiger partial charge on any atom is -0.481 e. The van der Waals surface area contributed by atoms with Gasteiger partial charge in [0.25, 0.3) is 0 Å². The lowest BCUT2D eigenvalue weighted by atomic mass is 9.86. The Labute approximate surface area is 141 Å². The summed E-state index contributed by atoms with van der Waals surface area (Å²) in [6.45, 7) is 5.10. The molecule has 5 heteroatoms. The van der Waals surface area contributed by atoms with Crippen LogP contribution in [0.5, 0.6) is 0 Å². The van der Waals surface area contributed by atoms with Gasteiger partial charge in [0.05, 0.1) is 5.92 Å². The number of thioether (sulfide) groups is 1. The molecule has 0 unspecified atom stereocenters. The van der Waals surface area contributed by atoms with Crippen molar-refractivity contribution in [1.29, 1.82) is 0 Å². The van der Waals surface area contributed by atoms with Gasteiger partial charge in [0.1, 0.15) is 0 Å². The molecule has 2 rings (SSSR count). The Kier molecular flexibility index (Phi) is 6.60. The normalized spacial score (nSPS) is 22.0. The number of halogens is 1. The van der Waals surface area contributed by atoms with Gasteiger partial charge in [-0.25, -0.2) is 0 Å². The quantitative estimate of drug-likeness (QED) is 0.744. The zero-order valence-corrected chi connectivity index (χ0v) is 14.7. The fourth-order valence-electron chi connectivity index (χ4n) is 2.87. The van der Waals surface area contributed by atoms with Crippen molar-refractivity contribution in [3.63, 3.8) is 0 Å². The van der Waals surface area contributed by atoms with Gasteiger partial charge in [-0.15, -0.1) is 11.8 Å². The van der Waals surface area contributed by atoms with E-state index >= 15 is 0 Å². The van der Waals surface area contributed by atoms with Crippen LogP contribution in [0, 0.1) is 5.92 Å². The second-order valence-corrected chi connectivity index (χ2v) is 8.18. The van der Waals surface area contributed by atoms with Crippen LogP contribution in [0.3, 0.4) is 0 Å². The van der Waals surface area contributed by atoms with E-state index in [-0.39, 0.29) is 5.92 Å². The minimum atomic E-state index is -0.653. The van der Waals surface area contributed by atoms with Crippen molar-refractivity contribution in [3.8, 4) is 0 Å². The third kappa shape index (κ3) is 4.90. The lowest BCUT2D eigenvalue weighted by molar-refractivity contribution is -0.142. The van der Waals surface area contributed by atoms with E-state index in [9.17, 15) is 4.79 Å². The lowest BCUT2D eigenvalue weighted by Gasteiger charge is -2.27. The maximum absolute atomic E-state index is 11.0. The van der Waals surface area contributed by atoms with Crippen LogP contribution in [0.1, 0.15) is 45.1 Å². The second-order valence-electron chi connectivity index (χ2n) is 6.15. The van der Waals surface area contributed by atoms with E-state index in [1.54, 1.807) is 0 Å². The third-order valence-electron chi connectivity index (χ3n) is 4.08. The van der Waals surface area contributed by atoms with Crippen LogP contribution in [-0.4, -0.2) is 22.4 Å². The highest BCUT2D eigenvalue weighted by molar-refractivity contribution is 8.00. The van der Waals surface area contributed by atoms with Crippen molar-refractivity contribution in [2.24, 2.45) is 5.92 Å². The summed E-state index contributed by atoms with van der Waals surface area (Å²) in [5, 5.41) is 13.9. The van der Waals surface area contributed by atoms with E-state index in [2.05, 4.69) is 25.2 Å². The van der Waals surface area contributed by atoms with E-state index in [0.29, 0.717) is 11.3 Å². The molecule has 1 aromatic rings. The fraction of sp³-hybridized carbons (Fsp3) is 0.588. The van der Waals surface area contributed by atoms with Gasteiger partial charge in [-0.05, 0) is 43.4 Å². The van der Waals surface area contributed by atoms with Gasteiger partial charge in [0, 0.05) is 27.8 Å². The first kappa shape index (κ1) is 17.6. The molecule has 0 heterocycles. The van der Waals surface area contributed by atoms with Crippen molar-refractivity contribution in [2.45, 2.75) is 62.3 Å². The molecule has 0 bridgehead atoms. The molecular formula is C17H24ClNO2S. The topological polar surface area (TPSA) is 49.3 Å². The number of hydrogen-bond acceptors (Lipinski definition) is 3. The van der Waals surface area contributed by atoms with Crippen molar-refractivity contribution >= 4 is 29.3 Å². The summed E-state index contributed by atoms with van der Waals surface area (Å²) in [6, 6.07) is 6.44. The average Bonchev–Trinajstić information content (AvgIpc) is 2.46. The molecule has 0 saturated heterocycles. The molecule has 0 aromatic heterocycles. The van der Waals surface area contributed by atoms with E-state index < -0.39 is 5.97 Å². The molecule has 0 radical (unpaired) electrons. The molecule has 0 amide bonds. The monoisotopic (exact) mass is 341 g/mol. The molecule has 1 saturated carbocycles. The first-order chi connectivity index (χ1) is 10.5. The molecule has 0 aliphatic heterocycles.